The fourth-order valence-corrected chi connectivity index (χ4v) is 0.791. The standard InChI is InChI=1S/C12H19/c1-3-5-7-9-11-12-10-8-6-4-2/h5,7-8,10-12H,1,3-4,6,9H2,2H3/b7-5+,10-8+,12-11+. The van der Waals surface area contributed by atoms with Gasteiger partial charge < -0.3 is 0 Å². The van der Waals surface area contributed by atoms with Gasteiger partial charge in [-0.25, -0.2) is 0 Å². The minimum atomic E-state index is 0.888. The molecule has 0 aliphatic rings. The monoisotopic (exact) mass is 163 g/mol. The molecule has 12 heavy (non-hydrogen) atoms. The molecule has 0 aromatic rings. The van der Waals surface area contributed by atoms with Crippen molar-refractivity contribution in [2.24, 2.45) is 0 Å². The Bertz CT molecular complexity index is 149. The minimum absolute atomic E-state index is 0.888. The van der Waals surface area contributed by atoms with Crippen LogP contribution < -0.4 is 0 Å². The van der Waals surface area contributed by atoms with Gasteiger partial charge in [-0.3, -0.25) is 0 Å². The van der Waals surface area contributed by atoms with Crippen molar-refractivity contribution in [1.29, 1.82) is 0 Å². The molecule has 0 atom stereocenters. The van der Waals surface area contributed by atoms with Crippen molar-refractivity contribution in [2.75, 3.05) is 0 Å². The molecule has 0 saturated heterocycles. The number of hydrogen-bond donors (Lipinski definition) is 0. The van der Waals surface area contributed by atoms with E-state index in [1.54, 1.807) is 0 Å². The van der Waals surface area contributed by atoms with Crippen molar-refractivity contribution >= 4 is 0 Å². The second-order valence-electron chi connectivity index (χ2n) is 2.64. The summed E-state index contributed by atoms with van der Waals surface area (Å²) in [6, 6.07) is 0. The van der Waals surface area contributed by atoms with Crippen LogP contribution in [0.4, 0.5) is 0 Å². The summed E-state index contributed by atoms with van der Waals surface area (Å²) in [5.74, 6) is 0. The summed E-state index contributed by atoms with van der Waals surface area (Å²) in [6.45, 7) is 5.90. The molecule has 1 radical (unpaired) electrons. The lowest BCUT2D eigenvalue weighted by Crippen LogP contribution is -1.60. The molecule has 0 amide bonds. The molecule has 0 fully saturated rings. The van der Waals surface area contributed by atoms with E-state index in [-0.39, 0.29) is 0 Å². The van der Waals surface area contributed by atoms with Crippen LogP contribution in [0.5, 0.6) is 0 Å². The highest BCUT2D eigenvalue weighted by molar-refractivity contribution is 5.04. The lowest BCUT2D eigenvalue weighted by Gasteiger charge is -1.81. The van der Waals surface area contributed by atoms with Crippen LogP contribution in [0.1, 0.15) is 32.6 Å². The second kappa shape index (κ2) is 10.2. The average Bonchev–Trinajstić information content (AvgIpc) is 2.10. The Morgan fingerprint density at radius 3 is 2.42 bits per heavy atom. The van der Waals surface area contributed by atoms with Gasteiger partial charge in [0.25, 0.3) is 0 Å². The van der Waals surface area contributed by atoms with E-state index in [0.717, 1.165) is 12.8 Å². The number of allylic oxidation sites excluding steroid dienone is 6. The van der Waals surface area contributed by atoms with Crippen LogP contribution in [0.15, 0.2) is 36.5 Å². The van der Waals surface area contributed by atoms with Crippen LogP contribution in [-0.4, -0.2) is 0 Å². The Labute approximate surface area is 76.7 Å². The molecule has 0 heterocycles. The lowest BCUT2D eigenvalue weighted by molar-refractivity contribution is 0.959. The molecule has 0 aliphatic carbocycles. The topological polar surface area (TPSA) is 0 Å². The fraction of sp³-hybridized carbons (Fsp3) is 0.417. The molecule has 0 heteroatoms. The van der Waals surface area contributed by atoms with Gasteiger partial charge in [0, 0.05) is 0 Å². The predicted molar refractivity (Wildman–Crippen MR) is 56.9 cm³/mol. The summed E-state index contributed by atoms with van der Waals surface area (Å²) >= 11 is 0. The third-order valence-corrected chi connectivity index (χ3v) is 1.44. The number of unbranched alkanes of at least 4 members (excludes halogenated alkanes) is 1. The summed E-state index contributed by atoms with van der Waals surface area (Å²) in [6.07, 6.45) is 17.1. The van der Waals surface area contributed by atoms with Crippen LogP contribution in [0.3, 0.4) is 0 Å². The largest absolute Gasteiger partial charge is 0.0882 e. The molecule has 0 N–H and O–H groups in total. The molecule has 0 rings (SSSR count). The van der Waals surface area contributed by atoms with Crippen molar-refractivity contribution in [2.45, 2.75) is 32.6 Å². The first-order valence-corrected chi connectivity index (χ1v) is 4.67. The van der Waals surface area contributed by atoms with Gasteiger partial charge in [0.15, 0.2) is 0 Å². The van der Waals surface area contributed by atoms with Crippen LogP contribution >= 0.6 is 0 Å². The van der Waals surface area contributed by atoms with Crippen molar-refractivity contribution in [3.05, 3.63) is 43.4 Å². The molecule has 0 bridgehead atoms. The highest BCUT2D eigenvalue weighted by Gasteiger charge is 1.70. The summed E-state index contributed by atoms with van der Waals surface area (Å²) in [4.78, 5) is 0. The molecule has 0 saturated carbocycles. The third kappa shape index (κ3) is 9.22. The van der Waals surface area contributed by atoms with Crippen LogP contribution in [0.2, 0.25) is 0 Å². The maximum atomic E-state index is 3.72. The molecular formula is C12H19. The highest BCUT2D eigenvalue weighted by Crippen LogP contribution is 1.91. The lowest BCUT2D eigenvalue weighted by atomic mass is 10.3. The molecular weight excluding hydrogens is 144 g/mol. The Balaban J connectivity index is 3.30. The third-order valence-electron chi connectivity index (χ3n) is 1.44. The van der Waals surface area contributed by atoms with Gasteiger partial charge in [-0.05, 0) is 26.2 Å². The van der Waals surface area contributed by atoms with E-state index in [1.807, 2.05) is 0 Å². The van der Waals surface area contributed by atoms with Crippen molar-refractivity contribution < 1.29 is 0 Å². The van der Waals surface area contributed by atoms with Crippen molar-refractivity contribution in [3.63, 3.8) is 0 Å². The van der Waals surface area contributed by atoms with E-state index >= 15 is 0 Å². The summed E-state index contributed by atoms with van der Waals surface area (Å²) in [7, 11) is 0. The van der Waals surface area contributed by atoms with E-state index in [4.69, 9.17) is 0 Å². The SMILES string of the molecule is [CH2]C/C=C/C/C=C/C=C/CCC. The first kappa shape index (κ1) is 11.2. The minimum Gasteiger partial charge on any atom is -0.0882 e. The highest BCUT2D eigenvalue weighted by atomic mass is 13.8. The van der Waals surface area contributed by atoms with E-state index in [0.29, 0.717) is 0 Å². The van der Waals surface area contributed by atoms with Gasteiger partial charge >= 0.3 is 0 Å². The van der Waals surface area contributed by atoms with E-state index < -0.39 is 0 Å². The van der Waals surface area contributed by atoms with Gasteiger partial charge in [0.2, 0.25) is 0 Å². The van der Waals surface area contributed by atoms with Crippen LogP contribution in [-0.2, 0) is 0 Å². The number of rotatable bonds is 6. The normalized spacial score (nSPS) is 12.5. The van der Waals surface area contributed by atoms with Gasteiger partial charge in [-0.1, -0.05) is 49.8 Å². The smallest absolute Gasteiger partial charge is 0.0166 e. The van der Waals surface area contributed by atoms with Crippen molar-refractivity contribution in [3.8, 4) is 0 Å². The van der Waals surface area contributed by atoms with Crippen molar-refractivity contribution in [1.82, 2.24) is 0 Å². The predicted octanol–water partition coefficient (Wildman–Crippen LogP) is 4.07. The molecule has 0 aromatic carbocycles. The Kier molecular flexibility index (Phi) is 9.56. The second-order valence-corrected chi connectivity index (χ2v) is 2.64. The zero-order valence-electron chi connectivity index (χ0n) is 8.00. The quantitative estimate of drug-likeness (QED) is 0.409. The average molecular weight is 163 g/mol. The molecule has 67 valence electrons. The summed E-state index contributed by atoms with van der Waals surface area (Å²) in [5, 5.41) is 0. The zero-order chi connectivity index (χ0) is 9.07. The Morgan fingerprint density at radius 2 is 1.75 bits per heavy atom. The van der Waals surface area contributed by atoms with Gasteiger partial charge in [0.1, 0.15) is 0 Å². The molecule has 0 nitrogen and oxygen atoms in total. The van der Waals surface area contributed by atoms with E-state index in [1.165, 1.54) is 12.8 Å². The molecule has 0 aliphatic heterocycles. The van der Waals surface area contributed by atoms with Gasteiger partial charge in [0.05, 0.1) is 0 Å². The zero-order valence-corrected chi connectivity index (χ0v) is 8.00. The Hall–Kier alpha value is -0.780. The molecule has 0 unspecified atom stereocenters. The molecule has 0 spiro atoms. The number of hydrogen-bond acceptors (Lipinski definition) is 0. The fourth-order valence-electron chi connectivity index (χ4n) is 0.791. The Morgan fingerprint density at radius 1 is 1.00 bits per heavy atom. The van der Waals surface area contributed by atoms with Gasteiger partial charge in [-0.2, -0.15) is 0 Å². The van der Waals surface area contributed by atoms with Gasteiger partial charge in [-0.15, -0.1) is 0 Å². The van der Waals surface area contributed by atoms with Crippen LogP contribution in [0, 0.1) is 6.92 Å². The summed E-state index contributed by atoms with van der Waals surface area (Å²) < 4.78 is 0. The maximum absolute atomic E-state index is 3.72. The van der Waals surface area contributed by atoms with E-state index in [9.17, 15) is 0 Å². The summed E-state index contributed by atoms with van der Waals surface area (Å²) in [5.41, 5.74) is 0. The first-order valence-electron chi connectivity index (χ1n) is 4.67. The first-order chi connectivity index (χ1) is 5.91. The van der Waals surface area contributed by atoms with E-state index in [2.05, 4.69) is 50.3 Å². The molecule has 0 aromatic heterocycles. The maximum Gasteiger partial charge on any atom is -0.0166 e. The van der Waals surface area contributed by atoms with Crippen LogP contribution in [0.25, 0.3) is 0 Å².